The van der Waals surface area contributed by atoms with Gasteiger partial charge in [0.15, 0.2) is 0 Å². The largest absolute Gasteiger partial charge is 0.340 e. The van der Waals surface area contributed by atoms with Gasteiger partial charge in [0, 0.05) is 69.5 Å². The molecule has 2 aromatic heterocycles. The lowest BCUT2D eigenvalue weighted by molar-refractivity contribution is -0.136. The molecule has 6 aromatic rings. The molecule has 7 nitrogen and oxygen atoms in total. The predicted octanol–water partition coefficient (Wildman–Crippen LogP) is 10.5. The molecule has 1 aliphatic heterocycles. The minimum Gasteiger partial charge on any atom is -0.340 e. The van der Waals surface area contributed by atoms with E-state index in [1.165, 1.54) is 53.2 Å². The third-order valence-corrected chi connectivity index (χ3v) is 12.2. The second-order valence-electron chi connectivity index (χ2n) is 16.0. The second kappa shape index (κ2) is 17.0. The number of aryl methyl sites for hydroxylation is 2. The molecule has 0 spiro atoms. The summed E-state index contributed by atoms with van der Waals surface area (Å²) in [6.07, 6.45) is 17.4. The Morgan fingerprint density at radius 2 is 0.879 bits per heavy atom. The minimum atomic E-state index is -0.494. The number of unbranched alkanes of at least 4 members (excludes halogenated alkanes) is 4. The summed E-state index contributed by atoms with van der Waals surface area (Å²) in [5, 5.41) is 9.61. The highest BCUT2D eigenvalue weighted by molar-refractivity contribution is 6.30. The summed E-state index contributed by atoms with van der Waals surface area (Å²) in [5.41, 5.74) is 5.15. The number of carbonyl (C=O) groups excluding carboxylic acids is 3. The van der Waals surface area contributed by atoms with Crippen molar-refractivity contribution < 1.29 is 14.4 Å². The molecule has 0 bridgehead atoms. The molecule has 0 N–H and O–H groups in total. The topological polar surface area (TPSA) is 67.6 Å². The number of allylic oxidation sites excluding steroid dienone is 5. The Morgan fingerprint density at radius 3 is 1.29 bits per heavy atom. The molecular formula is C51H56N4O3. The molecule has 0 unspecified atom stereocenters. The Bertz CT molecular complexity index is 2560. The lowest BCUT2D eigenvalue weighted by Crippen LogP contribution is -2.57. The van der Waals surface area contributed by atoms with Gasteiger partial charge >= 0.3 is 6.03 Å². The normalized spacial score (nSPS) is 17.6. The van der Waals surface area contributed by atoms with Crippen molar-refractivity contribution in [2.75, 3.05) is 13.1 Å². The van der Waals surface area contributed by atoms with Crippen molar-refractivity contribution >= 4 is 73.3 Å². The molecule has 8 rings (SSSR count). The molecule has 0 atom stereocenters. The molecule has 1 saturated carbocycles. The minimum absolute atomic E-state index is 0.123. The summed E-state index contributed by atoms with van der Waals surface area (Å²) < 4.78 is 4.86. The monoisotopic (exact) mass is 772 g/mol. The number of benzene rings is 4. The van der Waals surface area contributed by atoms with Gasteiger partial charge in [-0.3, -0.25) is 19.4 Å². The first-order chi connectivity index (χ1) is 28.4. The summed E-state index contributed by atoms with van der Waals surface area (Å²) in [4.78, 5) is 45.8. The molecule has 58 heavy (non-hydrogen) atoms. The van der Waals surface area contributed by atoms with E-state index in [0.717, 1.165) is 73.5 Å². The fourth-order valence-corrected chi connectivity index (χ4v) is 9.20. The number of amides is 4. The lowest BCUT2D eigenvalue weighted by Gasteiger charge is -2.35. The number of aromatic nitrogens is 2. The van der Waals surface area contributed by atoms with Crippen molar-refractivity contribution in [2.45, 2.75) is 105 Å². The highest BCUT2D eigenvalue weighted by Gasteiger charge is 2.44. The van der Waals surface area contributed by atoms with E-state index < -0.39 is 17.8 Å². The van der Waals surface area contributed by atoms with Gasteiger partial charge in [-0.05, 0) is 90.3 Å². The molecule has 2 aliphatic rings. The fraction of sp³-hybridized carbons (Fsp3) is 0.353. The van der Waals surface area contributed by atoms with Crippen LogP contribution in [-0.4, -0.2) is 49.9 Å². The van der Waals surface area contributed by atoms with Crippen LogP contribution >= 0.6 is 0 Å². The smallest absolute Gasteiger partial charge is 0.333 e. The number of imide groups is 2. The van der Waals surface area contributed by atoms with Gasteiger partial charge in [0.25, 0.3) is 11.8 Å². The number of hydrogen-bond acceptors (Lipinski definition) is 3. The Labute approximate surface area is 341 Å². The third-order valence-electron chi connectivity index (χ3n) is 12.2. The van der Waals surface area contributed by atoms with Crippen LogP contribution in [0.2, 0.25) is 0 Å². The van der Waals surface area contributed by atoms with Crippen molar-refractivity contribution in [2.24, 2.45) is 0 Å². The Morgan fingerprint density at radius 1 is 0.483 bits per heavy atom. The van der Waals surface area contributed by atoms with Crippen LogP contribution in [0.25, 0.3) is 55.5 Å². The lowest BCUT2D eigenvalue weighted by atomic mass is 9.95. The summed E-state index contributed by atoms with van der Waals surface area (Å²) >= 11 is 0. The first-order valence-electron chi connectivity index (χ1n) is 21.7. The number of rotatable bonds is 14. The van der Waals surface area contributed by atoms with E-state index in [0.29, 0.717) is 31.3 Å². The number of hydrogen-bond donors (Lipinski definition) is 0. The molecule has 298 valence electrons. The van der Waals surface area contributed by atoms with Crippen LogP contribution in [0.15, 0.2) is 107 Å². The molecule has 0 radical (unpaired) electrons. The average molecular weight is 773 g/mol. The molecule has 7 heteroatoms. The van der Waals surface area contributed by atoms with Gasteiger partial charge in [-0.1, -0.05) is 126 Å². The van der Waals surface area contributed by atoms with Gasteiger partial charge in [-0.15, -0.1) is 0 Å². The molecule has 4 amide bonds. The molecule has 2 fully saturated rings. The molecular weight excluding hydrogens is 717 g/mol. The zero-order valence-electron chi connectivity index (χ0n) is 34.7. The fourth-order valence-electron chi connectivity index (χ4n) is 9.20. The van der Waals surface area contributed by atoms with Crippen LogP contribution in [0.5, 0.6) is 0 Å². The maximum absolute atomic E-state index is 14.7. The van der Waals surface area contributed by atoms with E-state index in [2.05, 4.69) is 134 Å². The Hall–Kier alpha value is -5.69. The maximum atomic E-state index is 14.7. The van der Waals surface area contributed by atoms with Crippen LogP contribution in [0.1, 0.15) is 91.9 Å². The van der Waals surface area contributed by atoms with Crippen molar-refractivity contribution in [3.63, 3.8) is 0 Å². The second-order valence-corrected chi connectivity index (χ2v) is 16.0. The van der Waals surface area contributed by atoms with E-state index in [4.69, 9.17) is 0 Å². The molecule has 4 aromatic carbocycles. The van der Waals surface area contributed by atoms with E-state index in [1.54, 1.807) is 0 Å². The molecule has 1 aliphatic carbocycles. The number of carbonyl (C=O) groups is 3. The van der Waals surface area contributed by atoms with Crippen molar-refractivity contribution in [3.05, 3.63) is 118 Å². The maximum Gasteiger partial charge on any atom is 0.333 e. The van der Waals surface area contributed by atoms with Crippen LogP contribution in [-0.2, 0) is 22.7 Å². The van der Waals surface area contributed by atoms with E-state index in [-0.39, 0.29) is 18.7 Å². The number of barbiturate groups is 1. The highest BCUT2D eigenvalue weighted by Crippen LogP contribution is 2.40. The molecule has 1 saturated heterocycles. The van der Waals surface area contributed by atoms with Gasteiger partial charge in [0.1, 0.15) is 5.57 Å². The van der Waals surface area contributed by atoms with E-state index in [9.17, 15) is 14.4 Å². The first-order valence-corrected chi connectivity index (χ1v) is 21.7. The SMILES string of the molecule is CCCCN1C(=O)C(=C2/C(=C\C=c3/c4cccc5cccc(c54)n3CCCC)CC/C2=C\C=c2/c3cccc4cccc(c43)n2CCCC)C(=O)N(CCCC)C1=O. The van der Waals surface area contributed by atoms with Gasteiger partial charge in [-0.2, -0.15) is 0 Å². The van der Waals surface area contributed by atoms with Crippen LogP contribution in [0.3, 0.4) is 0 Å². The zero-order valence-corrected chi connectivity index (χ0v) is 34.7. The average Bonchev–Trinajstić information content (AvgIpc) is 3.88. The predicted molar refractivity (Wildman–Crippen MR) is 239 cm³/mol. The van der Waals surface area contributed by atoms with Crippen molar-refractivity contribution in [1.82, 2.24) is 18.9 Å². The van der Waals surface area contributed by atoms with Gasteiger partial charge in [0.2, 0.25) is 0 Å². The summed E-state index contributed by atoms with van der Waals surface area (Å²) in [7, 11) is 0. The third kappa shape index (κ3) is 6.88. The summed E-state index contributed by atoms with van der Waals surface area (Å²) in [6.45, 7) is 10.9. The number of urea groups is 1. The standard InChI is InChI=1S/C51H56N4O3/c1-5-9-31-52-41(39-21-13-17-35-19-15-23-43(52)46(35)39)29-27-37-25-26-38(45(37)48-49(56)54(33-11-7-3)51(58)55(50(48)57)34-12-8-4)28-30-42-40-22-14-18-36-20-16-24-44(47(36)40)53(42)32-10-6-2/h13-24,27-30H,5-12,25-26,31-34H2,1-4H3/b37-27-,38-28+,41-29+,42-30+. The quantitative estimate of drug-likeness (QED) is 0.0818. The van der Waals surface area contributed by atoms with Crippen molar-refractivity contribution in [3.8, 4) is 0 Å². The summed E-state index contributed by atoms with van der Waals surface area (Å²) in [5.74, 6) is -0.953. The zero-order chi connectivity index (χ0) is 40.3. The van der Waals surface area contributed by atoms with Gasteiger partial charge in [-0.25, -0.2) is 4.79 Å². The summed E-state index contributed by atoms with van der Waals surface area (Å²) in [6, 6.07) is 25.6. The van der Waals surface area contributed by atoms with Gasteiger partial charge in [0.05, 0.1) is 0 Å². The highest BCUT2D eigenvalue weighted by atomic mass is 16.2. The van der Waals surface area contributed by atoms with Crippen LogP contribution < -0.4 is 10.7 Å². The Balaban J connectivity index is 1.37. The Kier molecular flexibility index (Phi) is 11.5. The number of nitrogens with zero attached hydrogens (tertiary/aromatic N) is 4. The van der Waals surface area contributed by atoms with Gasteiger partial charge < -0.3 is 9.13 Å². The van der Waals surface area contributed by atoms with E-state index in [1.807, 2.05) is 0 Å². The molecule has 3 heterocycles. The van der Waals surface area contributed by atoms with E-state index >= 15 is 0 Å². The van der Waals surface area contributed by atoms with Crippen LogP contribution in [0, 0.1) is 0 Å². The van der Waals surface area contributed by atoms with Crippen molar-refractivity contribution in [1.29, 1.82) is 0 Å². The first kappa shape index (κ1) is 39.2. The van der Waals surface area contributed by atoms with Crippen LogP contribution in [0.4, 0.5) is 4.79 Å².